The molecule has 0 radical (unpaired) electrons. The van der Waals surface area contributed by atoms with Gasteiger partial charge in [0.15, 0.2) is 0 Å². The summed E-state index contributed by atoms with van der Waals surface area (Å²) in [6.07, 6.45) is 2.67. The number of methoxy groups -OCH3 is 2. The minimum atomic E-state index is -4.78. The van der Waals surface area contributed by atoms with Gasteiger partial charge in [0.1, 0.15) is 50.7 Å². The van der Waals surface area contributed by atoms with Crippen LogP contribution in [-0.4, -0.2) is 87.1 Å². The Labute approximate surface area is 356 Å². The molecule has 2 aromatic carbocycles. The number of nitriles is 2. The first-order valence-electron chi connectivity index (χ1n) is 19.8. The van der Waals surface area contributed by atoms with Crippen molar-refractivity contribution in [3.63, 3.8) is 0 Å². The van der Waals surface area contributed by atoms with Gasteiger partial charge in [-0.2, -0.15) is 30.7 Å². The van der Waals surface area contributed by atoms with Crippen LogP contribution in [0.5, 0.6) is 17.2 Å². The van der Waals surface area contributed by atoms with Gasteiger partial charge in [0.2, 0.25) is 11.9 Å². The molecule has 0 unspecified atom stereocenters. The average Bonchev–Trinajstić information content (AvgIpc) is 3.27. The van der Waals surface area contributed by atoms with Gasteiger partial charge in [0, 0.05) is 68.6 Å². The van der Waals surface area contributed by atoms with Crippen molar-refractivity contribution in [3.05, 3.63) is 75.6 Å². The zero-order valence-corrected chi connectivity index (χ0v) is 34.1. The van der Waals surface area contributed by atoms with E-state index in [9.17, 15) is 22.8 Å². The SMILES string of the molecule is COc1cc(Nc2nc(N3CCC(CC#N)CC3)nc3cn[nH]c(=O)c23)cc(OC)c1.N#CCC1CCN(c2nc(Nc3ccc(OC(F)(F)F)cc3)c3c(=O)[nH]ncc3n2)CC1. The van der Waals surface area contributed by atoms with Crippen LogP contribution in [0, 0.1) is 34.5 Å². The third-order valence-corrected chi connectivity index (χ3v) is 10.5. The van der Waals surface area contributed by atoms with Crippen molar-refractivity contribution in [2.45, 2.75) is 44.9 Å². The molecule has 4 N–H and O–H groups in total. The van der Waals surface area contributed by atoms with E-state index in [1.165, 1.54) is 24.5 Å². The highest BCUT2D eigenvalue weighted by atomic mass is 19.4. The number of H-pyrrole nitrogens is 2. The Hall–Kier alpha value is -7.75. The molecule has 2 fully saturated rings. The van der Waals surface area contributed by atoms with Crippen molar-refractivity contribution in [1.82, 2.24) is 40.3 Å². The number of hydrogen-bond acceptors (Lipinski definition) is 17. The maximum absolute atomic E-state index is 12.5. The van der Waals surface area contributed by atoms with Crippen molar-refractivity contribution in [2.75, 3.05) is 60.8 Å². The maximum Gasteiger partial charge on any atom is 0.573 e. The number of piperidine rings is 2. The van der Waals surface area contributed by atoms with E-state index in [1.54, 1.807) is 32.4 Å². The van der Waals surface area contributed by atoms with Crippen LogP contribution in [0.4, 0.5) is 48.1 Å². The fourth-order valence-corrected chi connectivity index (χ4v) is 7.27. The summed E-state index contributed by atoms with van der Waals surface area (Å²) in [5.74, 6) is 3.08. The lowest BCUT2D eigenvalue weighted by molar-refractivity contribution is -0.274. The number of ether oxygens (including phenoxy) is 3. The summed E-state index contributed by atoms with van der Waals surface area (Å²) in [5.41, 5.74) is 0.971. The number of fused-ring (bicyclic) bond motifs is 2. The Morgan fingerprint density at radius 3 is 1.54 bits per heavy atom. The van der Waals surface area contributed by atoms with E-state index in [0.717, 1.165) is 50.9 Å². The van der Waals surface area contributed by atoms with Crippen LogP contribution in [0.2, 0.25) is 0 Å². The second-order valence-electron chi connectivity index (χ2n) is 14.7. The second kappa shape index (κ2) is 19.3. The largest absolute Gasteiger partial charge is 0.573 e. The average molecular weight is 867 g/mol. The van der Waals surface area contributed by atoms with E-state index in [0.29, 0.717) is 94.8 Å². The summed E-state index contributed by atoms with van der Waals surface area (Å²) >= 11 is 0. The number of nitrogens with one attached hydrogen (secondary N) is 4. The summed E-state index contributed by atoms with van der Waals surface area (Å²) in [6.45, 7) is 2.83. The highest BCUT2D eigenvalue weighted by Crippen LogP contribution is 2.32. The van der Waals surface area contributed by atoms with Crippen LogP contribution in [0.25, 0.3) is 21.8 Å². The molecular formula is C41H41F3N14O5. The van der Waals surface area contributed by atoms with Gasteiger partial charge in [-0.25, -0.2) is 20.2 Å². The Kier molecular flexibility index (Phi) is 13.3. The fourth-order valence-electron chi connectivity index (χ4n) is 7.27. The molecule has 0 spiro atoms. The topological polar surface area (TPSA) is 249 Å². The number of halogens is 3. The van der Waals surface area contributed by atoms with Crippen LogP contribution in [0.3, 0.4) is 0 Å². The van der Waals surface area contributed by atoms with E-state index >= 15 is 0 Å². The summed E-state index contributed by atoms with van der Waals surface area (Å²) in [7, 11) is 3.14. The van der Waals surface area contributed by atoms with E-state index < -0.39 is 11.9 Å². The Bertz CT molecular complexity index is 2740. The van der Waals surface area contributed by atoms with Gasteiger partial charge < -0.3 is 34.6 Å². The zero-order chi connectivity index (χ0) is 44.5. The molecule has 326 valence electrons. The van der Waals surface area contributed by atoms with E-state index in [-0.39, 0.29) is 22.5 Å². The first-order valence-corrected chi connectivity index (χ1v) is 19.8. The molecule has 2 saturated heterocycles. The predicted octanol–water partition coefficient (Wildman–Crippen LogP) is 6.09. The maximum atomic E-state index is 12.5. The lowest BCUT2D eigenvalue weighted by Crippen LogP contribution is -2.35. The molecule has 0 atom stereocenters. The molecule has 0 aliphatic carbocycles. The van der Waals surface area contributed by atoms with E-state index in [2.05, 4.69) is 72.7 Å². The lowest BCUT2D eigenvalue weighted by Gasteiger charge is -2.31. The number of rotatable bonds is 11. The number of anilines is 6. The van der Waals surface area contributed by atoms with E-state index in [4.69, 9.17) is 20.0 Å². The van der Waals surface area contributed by atoms with Crippen molar-refractivity contribution in [1.29, 1.82) is 10.5 Å². The van der Waals surface area contributed by atoms with Gasteiger partial charge in [-0.05, 0) is 61.8 Å². The van der Waals surface area contributed by atoms with Crippen LogP contribution >= 0.6 is 0 Å². The monoisotopic (exact) mass is 866 g/mol. The molecule has 22 heteroatoms. The normalized spacial score (nSPS) is 14.6. The lowest BCUT2D eigenvalue weighted by atomic mass is 9.94. The molecule has 0 amide bonds. The number of aromatic nitrogens is 8. The molecule has 63 heavy (non-hydrogen) atoms. The van der Waals surface area contributed by atoms with Crippen LogP contribution < -0.4 is 45.8 Å². The molecule has 19 nitrogen and oxygen atoms in total. The highest BCUT2D eigenvalue weighted by molar-refractivity contribution is 5.91. The standard InChI is InChI=1S/C21H23N7O3.C20H18F3N7O2/c1-30-15-9-14(10-16(11-15)31-2)24-19-18-17(12-23-27-20(18)29)25-21(26-19)28-7-4-13(3-6-22)5-8-28;21-20(22,23)32-14-3-1-13(2-4-14)26-17-16-15(11-25-29-18(16)31)27-19(28-17)30-9-6-12(5-8-24)7-10-30/h9-13H,3-5,7-8H2,1-2H3,(H,27,29)(H,24,25,26);1-4,11-12H,5-7,9-10H2,(H,29,31)(H,26,27,28). The Morgan fingerprint density at radius 1 is 0.683 bits per heavy atom. The molecular weight excluding hydrogens is 826 g/mol. The quantitative estimate of drug-likeness (QED) is 0.115. The van der Waals surface area contributed by atoms with Crippen molar-refractivity contribution < 1.29 is 27.4 Å². The van der Waals surface area contributed by atoms with Gasteiger partial charge in [-0.1, -0.05) is 0 Å². The molecule has 2 aliphatic heterocycles. The number of hydrogen-bond donors (Lipinski definition) is 4. The fraction of sp³-hybridized carbons (Fsp3) is 0.366. The summed E-state index contributed by atoms with van der Waals surface area (Å²) in [4.78, 5) is 47.2. The van der Waals surface area contributed by atoms with Gasteiger partial charge in [-0.3, -0.25) is 9.59 Å². The van der Waals surface area contributed by atoms with Crippen molar-refractivity contribution in [2.24, 2.45) is 11.8 Å². The van der Waals surface area contributed by atoms with Crippen LogP contribution in [0.1, 0.15) is 38.5 Å². The number of nitrogens with zero attached hydrogens (tertiary/aromatic N) is 10. The predicted molar refractivity (Wildman–Crippen MR) is 225 cm³/mol. The third-order valence-electron chi connectivity index (χ3n) is 10.5. The zero-order valence-electron chi connectivity index (χ0n) is 34.1. The molecule has 2 aliphatic rings. The molecule has 0 bridgehead atoms. The molecule has 6 heterocycles. The number of aromatic amines is 2. The highest BCUT2D eigenvalue weighted by Gasteiger charge is 2.31. The van der Waals surface area contributed by atoms with Crippen LogP contribution in [0.15, 0.2) is 64.4 Å². The summed E-state index contributed by atoms with van der Waals surface area (Å²) in [6, 6.07) is 14.9. The molecule has 0 saturated carbocycles. The Morgan fingerprint density at radius 2 is 1.13 bits per heavy atom. The van der Waals surface area contributed by atoms with Crippen molar-refractivity contribution in [3.8, 4) is 29.4 Å². The van der Waals surface area contributed by atoms with Crippen molar-refractivity contribution >= 4 is 56.7 Å². The molecule has 6 aromatic rings. The van der Waals surface area contributed by atoms with Gasteiger partial charge >= 0.3 is 6.36 Å². The first-order chi connectivity index (χ1) is 30.4. The van der Waals surface area contributed by atoms with E-state index in [1.807, 2.05) is 4.90 Å². The minimum absolute atomic E-state index is 0.179. The minimum Gasteiger partial charge on any atom is -0.497 e. The van der Waals surface area contributed by atoms with Crippen LogP contribution in [-0.2, 0) is 0 Å². The third kappa shape index (κ3) is 10.8. The Balaban J connectivity index is 0.000000189. The summed E-state index contributed by atoms with van der Waals surface area (Å²) in [5, 5.41) is 37.0. The summed E-state index contributed by atoms with van der Waals surface area (Å²) < 4.78 is 51.7. The van der Waals surface area contributed by atoms with Gasteiger partial charge in [0.05, 0.1) is 38.8 Å². The first kappa shape index (κ1) is 43.3. The number of benzene rings is 2. The molecule has 8 rings (SSSR count). The van der Waals surface area contributed by atoms with Gasteiger partial charge in [-0.15, -0.1) is 13.2 Å². The second-order valence-corrected chi connectivity index (χ2v) is 14.7. The molecule has 4 aromatic heterocycles. The number of alkyl halides is 3. The smallest absolute Gasteiger partial charge is 0.497 e. The van der Waals surface area contributed by atoms with Gasteiger partial charge in [0.25, 0.3) is 11.1 Å².